The molecular formula is C18H14ClN3O2. The molecule has 5 nitrogen and oxygen atoms in total. The van der Waals surface area contributed by atoms with Crippen molar-refractivity contribution in [2.45, 2.75) is 0 Å². The van der Waals surface area contributed by atoms with Crippen molar-refractivity contribution in [2.24, 2.45) is 0 Å². The molecule has 0 saturated heterocycles. The van der Waals surface area contributed by atoms with Crippen molar-refractivity contribution in [3.63, 3.8) is 0 Å². The lowest BCUT2D eigenvalue weighted by atomic mass is 10.1. The van der Waals surface area contributed by atoms with E-state index < -0.39 is 5.97 Å². The molecular weight excluding hydrogens is 326 g/mol. The van der Waals surface area contributed by atoms with Gasteiger partial charge >= 0.3 is 5.97 Å². The van der Waals surface area contributed by atoms with E-state index in [0.717, 1.165) is 11.3 Å². The van der Waals surface area contributed by atoms with E-state index in [9.17, 15) is 4.79 Å². The molecule has 3 aromatic rings. The van der Waals surface area contributed by atoms with Crippen LogP contribution in [0.25, 0.3) is 11.3 Å². The SMILES string of the molecule is COC(=O)c1ccc(Nc2nccc(-c3ccccc3)n2)c(Cl)c1. The highest BCUT2D eigenvalue weighted by Gasteiger charge is 2.10. The third kappa shape index (κ3) is 3.52. The number of nitrogens with zero attached hydrogens (tertiary/aromatic N) is 2. The maximum absolute atomic E-state index is 11.5. The third-order valence-corrected chi connectivity index (χ3v) is 3.67. The summed E-state index contributed by atoms with van der Waals surface area (Å²) in [5.41, 5.74) is 2.78. The lowest BCUT2D eigenvalue weighted by Crippen LogP contribution is -2.03. The summed E-state index contributed by atoms with van der Waals surface area (Å²) < 4.78 is 4.67. The fourth-order valence-corrected chi connectivity index (χ4v) is 2.40. The topological polar surface area (TPSA) is 64.1 Å². The maximum atomic E-state index is 11.5. The lowest BCUT2D eigenvalue weighted by molar-refractivity contribution is 0.0601. The zero-order chi connectivity index (χ0) is 16.9. The Hall–Kier alpha value is -2.92. The number of hydrogen-bond donors (Lipinski definition) is 1. The highest BCUT2D eigenvalue weighted by molar-refractivity contribution is 6.33. The smallest absolute Gasteiger partial charge is 0.337 e. The Bertz CT molecular complexity index is 869. The highest BCUT2D eigenvalue weighted by atomic mass is 35.5. The molecule has 0 aliphatic heterocycles. The van der Waals surface area contributed by atoms with Crippen LogP contribution in [0.4, 0.5) is 11.6 Å². The molecule has 0 spiro atoms. The number of rotatable bonds is 4. The van der Waals surface area contributed by atoms with E-state index in [1.54, 1.807) is 18.3 Å². The summed E-state index contributed by atoms with van der Waals surface area (Å²) in [6.45, 7) is 0. The number of halogens is 1. The van der Waals surface area contributed by atoms with Gasteiger partial charge in [-0.05, 0) is 24.3 Å². The van der Waals surface area contributed by atoms with E-state index in [-0.39, 0.29) is 0 Å². The van der Waals surface area contributed by atoms with Crippen molar-refractivity contribution in [1.82, 2.24) is 9.97 Å². The van der Waals surface area contributed by atoms with Crippen LogP contribution >= 0.6 is 11.6 Å². The van der Waals surface area contributed by atoms with Crippen molar-refractivity contribution >= 4 is 29.2 Å². The minimum Gasteiger partial charge on any atom is -0.465 e. The number of methoxy groups -OCH3 is 1. The predicted molar refractivity (Wildman–Crippen MR) is 93.5 cm³/mol. The van der Waals surface area contributed by atoms with Crippen molar-refractivity contribution in [3.8, 4) is 11.3 Å². The molecule has 1 N–H and O–H groups in total. The van der Waals surface area contributed by atoms with Gasteiger partial charge in [0.05, 0.1) is 29.1 Å². The van der Waals surface area contributed by atoms with Gasteiger partial charge < -0.3 is 10.1 Å². The Balaban J connectivity index is 1.85. The second kappa shape index (κ2) is 7.10. The predicted octanol–water partition coefficient (Wildman–Crippen LogP) is 4.33. The van der Waals surface area contributed by atoms with Gasteiger partial charge in [0, 0.05) is 11.8 Å². The van der Waals surface area contributed by atoms with Gasteiger partial charge in [0.15, 0.2) is 0 Å². The zero-order valence-electron chi connectivity index (χ0n) is 12.9. The molecule has 0 unspecified atom stereocenters. The zero-order valence-corrected chi connectivity index (χ0v) is 13.6. The number of benzene rings is 2. The van der Waals surface area contributed by atoms with E-state index in [1.165, 1.54) is 13.2 Å². The largest absolute Gasteiger partial charge is 0.465 e. The van der Waals surface area contributed by atoms with Gasteiger partial charge in [-0.3, -0.25) is 0 Å². The van der Waals surface area contributed by atoms with Crippen LogP contribution in [0.5, 0.6) is 0 Å². The first-order valence-electron chi connectivity index (χ1n) is 7.21. The quantitative estimate of drug-likeness (QED) is 0.717. The number of esters is 1. The van der Waals surface area contributed by atoms with E-state index in [4.69, 9.17) is 11.6 Å². The van der Waals surface area contributed by atoms with E-state index in [0.29, 0.717) is 22.2 Å². The standard InChI is InChI=1S/C18H14ClN3O2/c1-24-17(23)13-7-8-16(14(19)11-13)22-18-20-10-9-15(21-18)12-5-3-2-4-6-12/h2-11H,1H3,(H,20,21,22). The van der Waals surface area contributed by atoms with E-state index in [2.05, 4.69) is 20.0 Å². The van der Waals surface area contributed by atoms with Gasteiger partial charge in [-0.15, -0.1) is 0 Å². The van der Waals surface area contributed by atoms with Crippen LogP contribution in [0.15, 0.2) is 60.8 Å². The Morgan fingerprint density at radius 3 is 2.62 bits per heavy atom. The minimum atomic E-state index is -0.439. The summed E-state index contributed by atoms with van der Waals surface area (Å²) in [6.07, 6.45) is 1.67. The molecule has 6 heteroatoms. The Morgan fingerprint density at radius 1 is 1.12 bits per heavy atom. The summed E-state index contributed by atoms with van der Waals surface area (Å²) in [4.78, 5) is 20.2. The van der Waals surface area contributed by atoms with Crippen molar-refractivity contribution in [2.75, 3.05) is 12.4 Å². The number of anilines is 2. The number of carbonyl (C=O) groups is 1. The van der Waals surface area contributed by atoms with Gasteiger partial charge in [0.1, 0.15) is 0 Å². The molecule has 0 saturated carbocycles. The monoisotopic (exact) mass is 339 g/mol. The number of carbonyl (C=O) groups excluding carboxylic acids is 1. The Labute approximate surface area is 144 Å². The van der Waals surface area contributed by atoms with Gasteiger partial charge in [-0.25, -0.2) is 14.8 Å². The average molecular weight is 340 g/mol. The molecule has 1 aromatic heterocycles. The van der Waals surface area contributed by atoms with Crippen LogP contribution in [-0.2, 0) is 4.74 Å². The average Bonchev–Trinajstić information content (AvgIpc) is 2.63. The number of ether oxygens (including phenoxy) is 1. The number of hydrogen-bond acceptors (Lipinski definition) is 5. The maximum Gasteiger partial charge on any atom is 0.337 e. The Kier molecular flexibility index (Phi) is 4.72. The molecule has 1 heterocycles. The molecule has 0 radical (unpaired) electrons. The van der Waals surface area contributed by atoms with Crippen LogP contribution in [0.1, 0.15) is 10.4 Å². The first kappa shape index (κ1) is 16.0. The van der Waals surface area contributed by atoms with E-state index >= 15 is 0 Å². The van der Waals surface area contributed by atoms with Crippen LogP contribution < -0.4 is 5.32 Å². The molecule has 120 valence electrons. The minimum absolute atomic E-state index is 0.381. The second-order valence-corrected chi connectivity index (χ2v) is 5.35. The summed E-state index contributed by atoms with van der Waals surface area (Å²) in [6, 6.07) is 16.5. The van der Waals surface area contributed by atoms with Crippen LogP contribution in [0.3, 0.4) is 0 Å². The van der Waals surface area contributed by atoms with Gasteiger partial charge in [0.2, 0.25) is 5.95 Å². The normalized spacial score (nSPS) is 10.2. The second-order valence-electron chi connectivity index (χ2n) is 4.94. The highest BCUT2D eigenvalue weighted by Crippen LogP contribution is 2.26. The van der Waals surface area contributed by atoms with Crippen LogP contribution in [0.2, 0.25) is 5.02 Å². The lowest BCUT2D eigenvalue weighted by Gasteiger charge is -2.09. The van der Waals surface area contributed by atoms with Gasteiger partial charge in [-0.2, -0.15) is 0 Å². The van der Waals surface area contributed by atoms with Gasteiger partial charge in [-0.1, -0.05) is 41.9 Å². The summed E-state index contributed by atoms with van der Waals surface area (Å²) in [5.74, 6) is -0.0187. The Morgan fingerprint density at radius 2 is 1.92 bits per heavy atom. The van der Waals surface area contributed by atoms with Crippen molar-refractivity contribution < 1.29 is 9.53 Å². The number of nitrogens with one attached hydrogen (secondary N) is 1. The summed E-state index contributed by atoms with van der Waals surface area (Å²) in [5, 5.41) is 3.44. The molecule has 3 rings (SSSR count). The van der Waals surface area contributed by atoms with Crippen LogP contribution in [-0.4, -0.2) is 23.0 Å². The number of aromatic nitrogens is 2. The molecule has 0 fully saturated rings. The van der Waals surface area contributed by atoms with Crippen LogP contribution in [0, 0.1) is 0 Å². The first-order chi connectivity index (χ1) is 11.7. The van der Waals surface area contributed by atoms with E-state index in [1.807, 2.05) is 36.4 Å². The fourth-order valence-electron chi connectivity index (χ4n) is 2.17. The molecule has 0 bridgehead atoms. The third-order valence-electron chi connectivity index (χ3n) is 3.36. The molecule has 2 aromatic carbocycles. The molecule has 0 atom stereocenters. The molecule has 24 heavy (non-hydrogen) atoms. The fraction of sp³-hybridized carbons (Fsp3) is 0.0556. The van der Waals surface area contributed by atoms with Crippen molar-refractivity contribution in [1.29, 1.82) is 0 Å². The molecule has 0 aliphatic carbocycles. The molecule has 0 amide bonds. The first-order valence-corrected chi connectivity index (χ1v) is 7.58. The summed E-state index contributed by atoms with van der Waals surface area (Å²) in [7, 11) is 1.32. The summed E-state index contributed by atoms with van der Waals surface area (Å²) >= 11 is 6.21. The van der Waals surface area contributed by atoms with Gasteiger partial charge in [0.25, 0.3) is 0 Å². The molecule has 0 aliphatic rings. The van der Waals surface area contributed by atoms with Crippen molar-refractivity contribution in [3.05, 3.63) is 71.4 Å².